The van der Waals surface area contributed by atoms with Crippen molar-refractivity contribution >= 4 is 19.5 Å². The van der Waals surface area contributed by atoms with Gasteiger partial charge in [0, 0.05) is 6.42 Å². The van der Waals surface area contributed by atoms with Crippen LogP contribution in [0.25, 0.3) is 0 Å². The normalized spacial score (nSPS) is 13.3. The second-order valence-electron chi connectivity index (χ2n) is 2.91. The number of carboxylic acid groups (broad SMARTS) is 1. The van der Waals surface area contributed by atoms with Gasteiger partial charge >= 0.3 is 13.6 Å². The monoisotopic (exact) mass is 240 g/mol. The summed E-state index contributed by atoms with van der Waals surface area (Å²) in [7, 11) is -4.27. The fourth-order valence-corrected chi connectivity index (χ4v) is 1.07. The van der Waals surface area contributed by atoms with Crippen LogP contribution in [0.2, 0.25) is 0 Å². The average Bonchev–Trinajstić information content (AvgIpc) is 2.09. The van der Waals surface area contributed by atoms with Gasteiger partial charge in [-0.3, -0.25) is 14.2 Å². The van der Waals surface area contributed by atoms with Crippen molar-refractivity contribution in [1.29, 1.82) is 0 Å². The maximum absolute atomic E-state index is 10.9. The molecule has 6 N–H and O–H groups in total. The Balaban J connectivity index is 3.77. The van der Waals surface area contributed by atoms with Gasteiger partial charge < -0.3 is 25.9 Å². The number of carbonyl (C=O) groups is 2. The third-order valence-electron chi connectivity index (χ3n) is 1.48. The van der Waals surface area contributed by atoms with Crippen LogP contribution in [0.5, 0.6) is 0 Å². The van der Waals surface area contributed by atoms with Crippen LogP contribution in [0, 0.1) is 0 Å². The summed E-state index contributed by atoms with van der Waals surface area (Å²) in [5, 5.41) is 10.3. The number of aliphatic carboxylic acids is 1. The summed E-state index contributed by atoms with van der Waals surface area (Å²) in [5.74, 6) is -1.87. The van der Waals surface area contributed by atoms with Crippen LogP contribution in [-0.2, 0) is 14.2 Å². The lowest BCUT2D eigenvalue weighted by atomic mass is 10.1. The Labute approximate surface area is 85.6 Å². The predicted molar refractivity (Wildman–Crippen MR) is 49.9 cm³/mol. The molecular formula is C6H13N2O6P. The molecule has 0 aromatic carbocycles. The highest BCUT2D eigenvalue weighted by molar-refractivity contribution is 7.51. The maximum Gasteiger partial charge on any atom is 0.344 e. The summed E-state index contributed by atoms with van der Waals surface area (Å²) in [6.45, 7) is 0. The van der Waals surface area contributed by atoms with Crippen LogP contribution >= 0.6 is 7.60 Å². The minimum Gasteiger partial charge on any atom is -0.480 e. The number of rotatable bonds is 6. The van der Waals surface area contributed by atoms with E-state index < -0.39 is 31.8 Å². The van der Waals surface area contributed by atoms with Crippen LogP contribution in [0.15, 0.2) is 0 Å². The molecule has 0 heterocycles. The third-order valence-corrected chi connectivity index (χ3v) is 2.05. The molecule has 0 aromatic heterocycles. The Kier molecular flexibility index (Phi) is 5.45. The van der Waals surface area contributed by atoms with E-state index in [1.54, 1.807) is 0 Å². The van der Waals surface area contributed by atoms with Gasteiger partial charge in [0.2, 0.25) is 5.91 Å². The number of hydrogen-bond donors (Lipinski definition) is 5. The van der Waals surface area contributed by atoms with Gasteiger partial charge in [-0.15, -0.1) is 0 Å². The Hall–Kier alpha value is -0.950. The molecule has 0 saturated carbocycles. The fraction of sp³-hybridized carbons (Fsp3) is 0.667. The quantitative estimate of drug-likeness (QED) is 0.352. The van der Waals surface area contributed by atoms with Crippen molar-refractivity contribution in [2.45, 2.75) is 18.9 Å². The molecule has 0 spiro atoms. The molecule has 9 heteroatoms. The Morgan fingerprint density at radius 1 is 1.40 bits per heavy atom. The molecule has 0 rings (SSSR count). The highest BCUT2D eigenvalue weighted by atomic mass is 31.2. The maximum atomic E-state index is 10.9. The minimum absolute atomic E-state index is 0.0810. The molecular weight excluding hydrogens is 227 g/mol. The number of carboxylic acids is 1. The van der Waals surface area contributed by atoms with Crippen molar-refractivity contribution in [2.75, 3.05) is 6.29 Å². The predicted octanol–water partition coefficient (Wildman–Crippen LogP) is -1.57. The molecule has 1 amide bonds. The SMILES string of the molecule is NC(CCC(=O)NCP(=O)(O)O)C(=O)O. The first-order valence-electron chi connectivity index (χ1n) is 4.02. The van der Waals surface area contributed by atoms with E-state index in [4.69, 9.17) is 20.6 Å². The van der Waals surface area contributed by atoms with Gasteiger partial charge in [-0.05, 0) is 6.42 Å². The Morgan fingerprint density at radius 3 is 2.33 bits per heavy atom. The molecule has 0 aliphatic heterocycles. The van der Waals surface area contributed by atoms with Crippen LogP contribution in [0.1, 0.15) is 12.8 Å². The van der Waals surface area contributed by atoms with Crippen LogP contribution in [0.3, 0.4) is 0 Å². The lowest BCUT2D eigenvalue weighted by molar-refractivity contribution is -0.138. The van der Waals surface area contributed by atoms with E-state index in [1.807, 2.05) is 5.32 Å². The highest BCUT2D eigenvalue weighted by Gasteiger charge is 2.16. The van der Waals surface area contributed by atoms with Crippen molar-refractivity contribution in [3.05, 3.63) is 0 Å². The standard InChI is InChI=1S/C6H13N2O6P/c7-4(6(10)11)1-2-5(9)8-3-15(12,13)14/h4H,1-3,7H2,(H,8,9)(H,10,11)(H2,12,13,14). The molecule has 0 radical (unpaired) electrons. The van der Waals surface area contributed by atoms with Crippen molar-refractivity contribution < 1.29 is 29.0 Å². The Morgan fingerprint density at radius 2 is 1.93 bits per heavy atom. The number of nitrogens with two attached hydrogens (primary N) is 1. The van der Waals surface area contributed by atoms with E-state index in [1.165, 1.54) is 0 Å². The summed E-state index contributed by atoms with van der Waals surface area (Å²) in [4.78, 5) is 38.0. The molecule has 15 heavy (non-hydrogen) atoms. The number of carbonyl (C=O) groups excluding carboxylic acids is 1. The van der Waals surface area contributed by atoms with Gasteiger partial charge in [-0.2, -0.15) is 0 Å². The molecule has 0 aliphatic rings. The van der Waals surface area contributed by atoms with Gasteiger partial charge in [-0.25, -0.2) is 0 Å². The zero-order valence-electron chi connectivity index (χ0n) is 7.79. The third kappa shape index (κ3) is 8.07. The van der Waals surface area contributed by atoms with Crippen molar-refractivity contribution in [3.8, 4) is 0 Å². The largest absolute Gasteiger partial charge is 0.480 e. The first kappa shape index (κ1) is 14.1. The van der Waals surface area contributed by atoms with E-state index in [2.05, 4.69) is 0 Å². The highest BCUT2D eigenvalue weighted by Crippen LogP contribution is 2.31. The second kappa shape index (κ2) is 5.82. The summed E-state index contributed by atoms with van der Waals surface area (Å²) < 4.78 is 10.3. The average molecular weight is 240 g/mol. The minimum atomic E-state index is -4.27. The molecule has 0 aromatic rings. The zero-order chi connectivity index (χ0) is 12.1. The molecule has 0 saturated heterocycles. The van der Waals surface area contributed by atoms with Crippen LogP contribution < -0.4 is 11.1 Å². The van der Waals surface area contributed by atoms with Crippen molar-refractivity contribution in [1.82, 2.24) is 5.32 Å². The van der Waals surface area contributed by atoms with Gasteiger partial charge in [0.25, 0.3) is 0 Å². The molecule has 1 atom stereocenters. The summed E-state index contributed by atoms with van der Waals surface area (Å²) in [6, 6.07) is -1.15. The van der Waals surface area contributed by atoms with E-state index in [0.717, 1.165) is 0 Å². The first-order chi connectivity index (χ1) is 6.72. The van der Waals surface area contributed by atoms with Gasteiger partial charge in [-0.1, -0.05) is 0 Å². The lowest BCUT2D eigenvalue weighted by Crippen LogP contribution is -2.32. The van der Waals surface area contributed by atoms with Gasteiger partial charge in [0.05, 0.1) is 0 Å². The number of amides is 1. The van der Waals surface area contributed by atoms with Crippen molar-refractivity contribution in [2.24, 2.45) is 5.73 Å². The van der Waals surface area contributed by atoms with E-state index in [-0.39, 0.29) is 12.8 Å². The smallest absolute Gasteiger partial charge is 0.344 e. The molecule has 8 nitrogen and oxygen atoms in total. The Bertz CT molecular complexity index is 287. The molecule has 0 bridgehead atoms. The molecule has 88 valence electrons. The number of nitrogens with one attached hydrogen (secondary N) is 1. The molecule has 1 unspecified atom stereocenters. The summed E-state index contributed by atoms with van der Waals surface area (Å²) >= 11 is 0. The van der Waals surface area contributed by atoms with E-state index in [0.29, 0.717) is 0 Å². The fourth-order valence-electron chi connectivity index (χ4n) is 0.690. The first-order valence-corrected chi connectivity index (χ1v) is 5.82. The lowest BCUT2D eigenvalue weighted by Gasteiger charge is -2.08. The van der Waals surface area contributed by atoms with Gasteiger partial charge in [0.15, 0.2) is 0 Å². The van der Waals surface area contributed by atoms with Gasteiger partial charge in [0.1, 0.15) is 12.3 Å². The van der Waals surface area contributed by atoms with Crippen LogP contribution in [-0.4, -0.2) is 39.1 Å². The number of hydrogen-bond acceptors (Lipinski definition) is 4. The second-order valence-corrected chi connectivity index (χ2v) is 4.55. The van der Waals surface area contributed by atoms with E-state index in [9.17, 15) is 14.2 Å². The molecule has 0 aliphatic carbocycles. The van der Waals surface area contributed by atoms with Crippen molar-refractivity contribution in [3.63, 3.8) is 0 Å². The summed E-state index contributed by atoms with van der Waals surface area (Å²) in [5.41, 5.74) is 5.11. The zero-order valence-corrected chi connectivity index (χ0v) is 8.68. The summed E-state index contributed by atoms with van der Waals surface area (Å²) in [6.07, 6.45) is -1.02. The topological polar surface area (TPSA) is 150 Å². The molecule has 0 fully saturated rings. The van der Waals surface area contributed by atoms with Crippen LogP contribution in [0.4, 0.5) is 0 Å². The van der Waals surface area contributed by atoms with E-state index >= 15 is 0 Å².